The fraction of sp³-hybridized carbons (Fsp3) is 0.0833. The fourth-order valence-corrected chi connectivity index (χ4v) is 1.45. The Labute approximate surface area is 104 Å². The first-order valence-electron chi connectivity index (χ1n) is 5.22. The summed E-state index contributed by atoms with van der Waals surface area (Å²) in [6, 6.07) is 7.81. The number of nitrogens with two attached hydrogens (primary N) is 2. The molecule has 5 N–H and O–H groups in total. The van der Waals surface area contributed by atoms with Crippen LogP contribution in [0.1, 0.15) is 0 Å². The molecule has 0 atom stereocenters. The Morgan fingerprint density at radius 2 is 2.00 bits per heavy atom. The van der Waals surface area contributed by atoms with Crippen LogP contribution in [0.4, 0.5) is 27.4 Å². The first-order chi connectivity index (χ1) is 8.60. The van der Waals surface area contributed by atoms with E-state index in [1.165, 1.54) is 19.2 Å². The third-order valence-corrected chi connectivity index (χ3v) is 2.38. The van der Waals surface area contributed by atoms with E-state index in [2.05, 4.69) is 10.3 Å². The van der Waals surface area contributed by atoms with Crippen LogP contribution in [0.5, 0.6) is 5.75 Å². The van der Waals surface area contributed by atoms with Crippen molar-refractivity contribution >= 4 is 23.0 Å². The molecule has 2 rings (SSSR count). The minimum Gasteiger partial charge on any atom is -0.494 e. The highest BCUT2D eigenvalue weighted by atomic mass is 19.1. The van der Waals surface area contributed by atoms with E-state index >= 15 is 0 Å². The highest BCUT2D eigenvalue weighted by molar-refractivity contribution is 5.65. The Hall–Kier alpha value is -2.50. The molecule has 0 aliphatic rings. The molecule has 0 unspecified atom stereocenters. The van der Waals surface area contributed by atoms with Gasteiger partial charge in [0.1, 0.15) is 11.6 Å². The average molecular weight is 248 g/mol. The van der Waals surface area contributed by atoms with Crippen LogP contribution in [0, 0.1) is 5.82 Å². The van der Waals surface area contributed by atoms with Gasteiger partial charge in [-0.15, -0.1) is 0 Å². The Morgan fingerprint density at radius 1 is 1.22 bits per heavy atom. The molecule has 0 radical (unpaired) electrons. The second kappa shape index (κ2) is 4.79. The summed E-state index contributed by atoms with van der Waals surface area (Å²) in [7, 11) is 1.41. The van der Waals surface area contributed by atoms with Gasteiger partial charge in [0, 0.05) is 11.8 Å². The van der Waals surface area contributed by atoms with Gasteiger partial charge >= 0.3 is 0 Å². The van der Waals surface area contributed by atoms with E-state index in [0.29, 0.717) is 17.2 Å². The fourth-order valence-electron chi connectivity index (χ4n) is 1.45. The summed E-state index contributed by atoms with van der Waals surface area (Å²) in [6.45, 7) is 0. The van der Waals surface area contributed by atoms with E-state index in [9.17, 15) is 4.39 Å². The van der Waals surface area contributed by atoms with Gasteiger partial charge < -0.3 is 21.5 Å². The summed E-state index contributed by atoms with van der Waals surface area (Å²) in [5.74, 6) is 0.455. The molecule has 1 aromatic carbocycles. The molecule has 0 saturated heterocycles. The van der Waals surface area contributed by atoms with Crippen molar-refractivity contribution in [2.75, 3.05) is 23.9 Å². The van der Waals surface area contributed by atoms with Crippen molar-refractivity contribution in [3.05, 3.63) is 36.1 Å². The van der Waals surface area contributed by atoms with E-state index in [1.54, 1.807) is 18.2 Å². The van der Waals surface area contributed by atoms with Gasteiger partial charge in [-0.05, 0) is 24.3 Å². The molecule has 18 heavy (non-hydrogen) atoms. The Morgan fingerprint density at radius 3 is 2.61 bits per heavy atom. The number of methoxy groups -OCH3 is 1. The molecular formula is C12H13FN4O. The Balaban J connectivity index is 2.23. The number of halogens is 1. The molecule has 0 aliphatic carbocycles. The number of nitrogens with zero attached hydrogens (tertiary/aromatic N) is 1. The topological polar surface area (TPSA) is 86.2 Å². The highest BCUT2D eigenvalue weighted by Crippen LogP contribution is 2.24. The SMILES string of the molecule is COc1ccc(Nc2ccc(N)c(N)n2)cc1F. The maximum atomic E-state index is 13.5. The minimum absolute atomic E-state index is 0.185. The standard InChI is InChI=1S/C12H13FN4O/c1-18-10-4-2-7(6-8(10)13)16-11-5-3-9(14)12(15)17-11/h2-6H,14H2,1H3,(H3,15,16,17). The van der Waals surface area contributed by atoms with Crippen LogP contribution in [-0.4, -0.2) is 12.1 Å². The van der Waals surface area contributed by atoms with Gasteiger partial charge in [0.05, 0.1) is 12.8 Å². The molecule has 0 aliphatic heterocycles. The lowest BCUT2D eigenvalue weighted by molar-refractivity contribution is 0.386. The van der Waals surface area contributed by atoms with E-state index in [1.807, 2.05) is 0 Å². The van der Waals surface area contributed by atoms with Gasteiger partial charge in [-0.25, -0.2) is 9.37 Å². The average Bonchev–Trinajstić information content (AvgIpc) is 2.34. The van der Waals surface area contributed by atoms with Crippen LogP contribution < -0.4 is 21.5 Å². The second-order valence-electron chi connectivity index (χ2n) is 3.65. The van der Waals surface area contributed by atoms with E-state index in [0.717, 1.165) is 0 Å². The van der Waals surface area contributed by atoms with Crippen molar-refractivity contribution in [3.8, 4) is 5.75 Å². The molecule has 0 bridgehead atoms. The quantitative estimate of drug-likeness (QED) is 0.774. The maximum absolute atomic E-state index is 13.5. The predicted molar refractivity (Wildman–Crippen MR) is 69.3 cm³/mol. The summed E-state index contributed by atoms with van der Waals surface area (Å²) in [5.41, 5.74) is 12.1. The minimum atomic E-state index is -0.453. The number of benzene rings is 1. The van der Waals surface area contributed by atoms with E-state index in [4.69, 9.17) is 16.2 Å². The third-order valence-electron chi connectivity index (χ3n) is 2.38. The van der Waals surface area contributed by atoms with Crippen molar-refractivity contribution < 1.29 is 9.13 Å². The Kier molecular flexibility index (Phi) is 3.18. The Bertz CT molecular complexity index is 574. The van der Waals surface area contributed by atoms with Crippen LogP contribution >= 0.6 is 0 Å². The molecule has 0 spiro atoms. The number of aromatic nitrogens is 1. The number of rotatable bonds is 3. The van der Waals surface area contributed by atoms with Crippen molar-refractivity contribution in [1.29, 1.82) is 0 Å². The summed E-state index contributed by atoms with van der Waals surface area (Å²) >= 11 is 0. The molecule has 0 saturated carbocycles. The zero-order chi connectivity index (χ0) is 13.1. The number of nitrogens with one attached hydrogen (secondary N) is 1. The zero-order valence-electron chi connectivity index (χ0n) is 9.77. The summed E-state index contributed by atoms with van der Waals surface area (Å²) in [5, 5.41) is 2.92. The van der Waals surface area contributed by atoms with Crippen molar-refractivity contribution in [1.82, 2.24) is 4.98 Å². The lowest BCUT2D eigenvalue weighted by Gasteiger charge is -2.08. The van der Waals surface area contributed by atoms with Crippen LogP contribution in [0.2, 0.25) is 0 Å². The number of nitrogen functional groups attached to an aromatic ring is 2. The van der Waals surface area contributed by atoms with E-state index < -0.39 is 5.82 Å². The molecular weight excluding hydrogens is 235 g/mol. The van der Waals surface area contributed by atoms with Crippen molar-refractivity contribution in [3.63, 3.8) is 0 Å². The van der Waals surface area contributed by atoms with Gasteiger partial charge in [-0.1, -0.05) is 0 Å². The first-order valence-corrected chi connectivity index (χ1v) is 5.22. The van der Waals surface area contributed by atoms with Crippen LogP contribution in [0.3, 0.4) is 0 Å². The monoisotopic (exact) mass is 248 g/mol. The molecule has 0 amide bonds. The van der Waals surface area contributed by atoms with Gasteiger partial charge in [0.15, 0.2) is 11.6 Å². The van der Waals surface area contributed by atoms with Crippen LogP contribution in [0.25, 0.3) is 0 Å². The second-order valence-corrected chi connectivity index (χ2v) is 3.65. The van der Waals surface area contributed by atoms with Gasteiger partial charge in [-0.3, -0.25) is 0 Å². The van der Waals surface area contributed by atoms with E-state index in [-0.39, 0.29) is 11.6 Å². The number of hydrogen-bond donors (Lipinski definition) is 3. The van der Waals surface area contributed by atoms with Crippen molar-refractivity contribution in [2.24, 2.45) is 0 Å². The normalized spacial score (nSPS) is 10.1. The number of hydrogen-bond acceptors (Lipinski definition) is 5. The molecule has 5 nitrogen and oxygen atoms in total. The summed E-state index contributed by atoms with van der Waals surface area (Å²) in [4.78, 5) is 4.03. The lowest BCUT2D eigenvalue weighted by atomic mass is 10.3. The molecule has 1 heterocycles. The molecule has 1 aromatic heterocycles. The third kappa shape index (κ3) is 2.42. The predicted octanol–water partition coefficient (Wildman–Crippen LogP) is 2.14. The maximum Gasteiger partial charge on any atom is 0.167 e. The number of ether oxygens (including phenoxy) is 1. The van der Waals surface area contributed by atoms with Crippen LogP contribution in [0.15, 0.2) is 30.3 Å². The number of anilines is 4. The zero-order valence-corrected chi connectivity index (χ0v) is 9.77. The van der Waals surface area contributed by atoms with Gasteiger partial charge in [0.2, 0.25) is 0 Å². The van der Waals surface area contributed by atoms with Crippen molar-refractivity contribution in [2.45, 2.75) is 0 Å². The smallest absolute Gasteiger partial charge is 0.167 e. The molecule has 94 valence electrons. The molecule has 0 fully saturated rings. The van der Waals surface area contributed by atoms with Crippen LogP contribution in [-0.2, 0) is 0 Å². The summed E-state index contributed by atoms with van der Waals surface area (Å²) in [6.07, 6.45) is 0. The highest BCUT2D eigenvalue weighted by Gasteiger charge is 2.05. The van der Waals surface area contributed by atoms with Gasteiger partial charge in [-0.2, -0.15) is 0 Å². The first kappa shape index (κ1) is 12.0. The number of pyridine rings is 1. The molecule has 2 aromatic rings. The molecule has 6 heteroatoms. The largest absolute Gasteiger partial charge is 0.494 e. The van der Waals surface area contributed by atoms with Gasteiger partial charge in [0.25, 0.3) is 0 Å². The lowest BCUT2D eigenvalue weighted by Crippen LogP contribution is -2.01. The summed E-state index contributed by atoms with van der Waals surface area (Å²) < 4.78 is 18.3.